The third-order valence-electron chi connectivity index (χ3n) is 2.86. The molecule has 21 heavy (non-hydrogen) atoms. The molecule has 2 N–H and O–H groups in total. The number of nitro benzene ring substituents is 1. The predicted molar refractivity (Wildman–Crippen MR) is 77.0 cm³/mol. The summed E-state index contributed by atoms with van der Waals surface area (Å²) in [6.07, 6.45) is 0. The van der Waals surface area contributed by atoms with Gasteiger partial charge in [-0.05, 0) is 18.2 Å². The van der Waals surface area contributed by atoms with Crippen molar-refractivity contribution < 1.29 is 14.1 Å². The summed E-state index contributed by atoms with van der Waals surface area (Å²) >= 11 is 0. The highest BCUT2D eigenvalue weighted by molar-refractivity contribution is 6.09. The van der Waals surface area contributed by atoms with Crippen LogP contribution in [-0.2, 0) is 0 Å². The minimum atomic E-state index is -0.631. The normalized spacial score (nSPS) is 10.0. The molecule has 0 saturated heterocycles. The SMILES string of the molecule is CNc1c(C(=O)Nc2ccccc2F)cccc1[N+](=O)[O-]. The lowest BCUT2D eigenvalue weighted by Gasteiger charge is -2.10. The average Bonchev–Trinajstić information content (AvgIpc) is 2.48. The van der Waals surface area contributed by atoms with Crippen LogP contribution in [-0.4, -0.2) is 17.9 Å². The molecule has 0 aliphatic carbocycles. The Morgan fingerprint density at radius 3 is 2.52 bits per heavy atom. The molecule has 0 aliphatic rings. The highest BCUT2D eigenvalue weighted by atomic mass is 19.1. The van der Waals surface area contributed by atoms with E-state index in [1.165, 1.54) is 43.4 Å². The largest absolute Gasteiger partial charge is 0.382 e. The number of hydrogen-bond donors (Lipinski definition) is 2. The lowest BCUT2D eigenvalue weighted by molar-refractivity contribution is -0.384. The molecule has 7 heteroatoms. The first-order valence-electron chi connectivity index (χ1n) is 6.05. The Hall–Kier alpha value is -2.96. The monoisotopic (exact) mass is 289 g/mol. The summed E-state index contributed by atoms with van der Waals surface area (Å²) in [6, 6.07) is 9.80. The maximum Gasteiger partial charge on any atom is 0.293 e. The van der Waals surface area contributed by atoms with E-state index in [9.17, 15) is 19.3 Å². The van der Waals surface area contributed by atoms with Gasteiger partial charge in [0.15, 0.2) is 0 Å². The molecule has 2 aromatic rings. The molecule has 0 spiro atoms. The van der Waals surface area contributed by atoms with Crippen molar-refractivity contribution in [3.8, 4) is 0 Å². The zero-order valence-electron chi connectivity index (χ0n) is 11.1. The van der Waals surface area contributed by atoms with Crippen LogP contribution in [0.1, 0.15) is 10.4 Å². The molecule has 0 aromatic heterocycles. The van der Waals surface area contributed by atoms with Gasteiger partial charge in [-0.3, -0.25) is 14.9 Å². The number of hydrogen-bond acceptors (Lipinski definition) is 4. The first kappa shape index (κ1) is 14.4. The molecule has 0 radical (unpaired) electrons. The van der Waals surface area contributed by atoms with E-state index in [4.69, 9.17) is 0 Å². The van der Waals surface area contributed by atoms with Gasteiger partial charge in [-0.1, -0.05) is 18.2 Å². The van der Waals surface area contributed by atoms with Crippen LogP contribution in [0.3, 0.4) is 0 Å². The number of carbonyl (C=O) groups is 1. The quantitative estimate of drug-likeness (QED) is 0.669. The minimum absolute atomic E-state index is 0.0102. The third-order valence-corrected chi connectivity index (χ3v) is 2.86. The summed E-state index contributed by atoms with van der Waals surface area (Å²) in [5, 5.41) is 16.0. The van der Waals surface area contributed by atoms with Crippen molar-refractivity contribution in [2.24, 2.45) is 0 Å². The van der Waals surface area contributed by atoms with Crippen molar-refractivity contribution in [1.29, 1.82) is 0 Å². The maximum absolute atomic E-state index is 13.5. The third kappa shape index (κ3) is 2.97. The summed E-state index contributed by atoms with van der Waals surface area (Å²) in [5.74, 6) is -1.21. The molecule has 0 fully saturated rings. The highest BCUT2D eigenvalue weighted by Crippen LogP contribution is 2.28. The number of rotatable bonds is 4. The van der Waals surface area contributed by atoms with E-state index in [1.54, 1.807) is 6.07 Å². The van der Waals surface area contributed by atoms with Crippen LogP contribution in [0.4, 0.5) is 21.5 Å². The molecular weight excluding hydrogens is 277 g/mol. The summed E-state index contributed by atoms with van der Waals surface area (Å²) in [6.45, 7) is 0. The Morgan fingerprint density at radius 1 is 1.19 bits per heavy atom. The van der Waals surface area contributed by atoms with Gasteiger partial charge in [0.1, 0.15) is 11.5 Å². The molecule has 108 valence electrons. The van der Waals surface area contributed by atoms with Crippen LogP contribution in [0.15, 0.2) is 42.5 Å². The van der Waals surface area contributed by atoms with Gasteiger partial charge in [0.05, 0.1) is 16.2 Å². The van der Waals surface area contributed by atoms with Gasteiger partial charge in [-0.15, -0.1) is 0 Å². The first-order chi connectivity index (χ1) is 10.0. The van der Waals surface area contributed by atoms with Crippen LogP contribution in [0.2, 0.25) is 0 Å². The van der Waals surface area contributed by atoms with E-state index in [0.29, 0.717) is 0 Å². The van der Waals surface area contributed by atoms with E-state index >= 15 is 0 Å². The van der Waals surface area contributed by atoms with Crippen molar-refractivity contribution >= 4 is 23.0 Å². The number of para-hydroxylation sites is 2. The summed E-state index contributed by atoms with van der Waals surface area (Å²) < 4.78 is 13.5. The molecule has 0 atom stereocenters. The standard InChI is InChI=1S/C14H12FN3O3/c1-16-13-9(5-4-8-12(13)18(20)21)14(19)17-11-7-3-2-6-10(11)15/h2-8,16H,1H3,(H,17,19). The molecule has 0 unspecified atom stereocenters. The maximum atomic E-state index is 13.5. The van der Waals surface area contributed by atoms with Gasteiger partial charge in [-0.2, -0.15) is 0 Å². The molecule has 2 rings (SSSR count). The molecule has 1 amide bonds. The topological polar surface area (TPSA) is 84.3 Å². The summed E-state index contributed by atoms with van der Waals surface area (Å²) in [4.78, 5) is 22.5. The molecule has 0 aliphatic heterocycles. The van der Waals surface area contributed by atoms with E-state index in [1.807, 2.05) is 0 Å². The molecule has 0 saturated carbocycles. The van der Waals surface area contributed by atoms with Gasteiger partial charge in [0, 0.05) is 13.1 Å². The van der Waals surface area contributed by atoms with E-state index < -0.39 is 16.6 Å². The van der Waals surface area contributed by atoms with Gasteiger partial charge in [0.25, 0.3) is 11.6 Å². The number of halogens is 1. The zero-order valence-corrected chi connectivity index (χ0v) is 11.1. The van der Waals surface area contributed by atoms with E-state index in [0.717, 1.165) is 0 Å². The smallest absolute Gasteiger partial charge is 0.293 e. The number of nitrogens with one attached hydrogen (secondary N) is 2. The van der Waals surface area contributed by atoms with Crippen LogP contribution in [0, 0.1) is 15.9 Å². The zero-order chi connectivity index (χ0) is 15.4. The Bertz CT molecular complexity index is 704. The molecule has 6 nitrogen and oxygen atoms in total. The minimum Gasteiger partial charge on any atom is -0.382 e. The fraction of sp³-hybridized carbons (Fsp3) is 0.0714. The van der Waals surface area contributed by atoms with Crippen molar-refractivity contribution in [2.45, 2.75) is 0 Å². The summed E-state index contributed by atoms with van der Waals surface area (Å²) in [5.41, 5.74) is -0.0685. The van der Waals surface area contributed by atoms with Crippen LogP contribution < -0.4 is 10.6 Å². The van der Waals surface area contributed by atoms with Crippen molar-refractivity contribution in [3.05, 3.63) is 64.0 Å². The fourth-order valence-corrected chi connectivity index (χ4v) is 1.90. The second-order valence-corrected chi connectivity index (χ2v) is 4.14. The van der Waals surface area contributed by atoms with Crippen LogP contribution >= 0.6 is 0 Å². The Morgan fingerprint density at radius 2 is 1.90 bits per heavy atom. The van der Waals surface area contributed by atoms with Gasteiger partial charge in [-0.25, -0.2) is 4.39 Å². The van der Waals surface area contributed by atoms with Gasteiger partial charge < -0.3 is 10.6 Å². The number of amides is 1. The molecule has 0 bridgehead atoms. The predicted octanol–water partition coefficient (Wildman–Crippen LogP) is 3.03. The number of benzene rings is 2. The lowest BCUT2D eigenvalue weighted by atomic mass is 10.1. The Balaban J connectivity index is 2.38. The highest BCUT2D eigenvalue weighted by Gasteiger charge is 2.21. The fourth-order valence-electron chi connectivity index (χ4n) is 1.90. The van der Waals surface area contributed by atoms with Crippen molar-refractivity contribution in [3.63, 3.8) is 0 Å². The number of nitro groups is 1. The van der Waals surface area contributed by atoms with E-state index in [-0.39, 0.29) is 22.6 Å². The van der Waals surface area contributed by atoms with E-state index in [2.05, 4.69) is 10.6 Å². The van der Waals surface area contributed by atoms with Crippen molar-refractivity contribution in [1.82, 2.24) is 0 Å². The first-order valence-corrected chi connectivity index (χ1v) is 6.05. The van der Waals surface area contributed by atoms with Gasteiger partial charge >= 0.3 is 0 Å². The second kappa shape index (κ2) is 6.00. The number of anilines is 2. The molecule has 2 aromatic carbocycles. The number of nitrogens with zero attached hydrogens (tertiary/aromatic N) is 1. The number of carbonyl (C=O) groups excluding carboxylic acids is 1. The van der Waals surface area contributed by atoms with Crippen molar-refractivity contribution in [2.75, 3.05) is 17.7 Å². The molecular formula is C14H12FN3O3. The van der Waals surface area contributed by atoms with Gasteiger partial charge in [0.2, 0.25) is 0 Å². The average molecular weight is 289 g/mol. The lowest BCUT2D eigenvalue weighted by Crippen LogP contribution is -2.15. The van der Waals surface area contributed by atoms with Crippen LogP contribution in [0.5, 0.6) is 0 Å². The summed E-state index contributed by atoms with van der Waals surface area (Å²) in [7, 11) is 1.47. The second-order valence-electron chi connectivity index (χ2n) is 4.14. The van der Waals surface area contributed by atoms with Crippen LogP contribution in [0.25, 0.3) is 0 Å². The Labute approximate surface area is 119 Å². The Kier molecular flexibility index (Phi) is 4.13. The molecule has 0 heterocycles.